The third-order valence-electron chi connectivity index (χ3n) is 2.62. The summed E-state index contributed by atoms with van der Waals surface area (Å²) in [4.78, 5) is 22.5. The van der Waals surface area contributed by atoms with Crippen LogP contribution in [0.25, 0.3) is 11.1 Å². The van der Waals surface area contributed by atoms with Crippen LogP contribution in [0.1, 0.15) is 16.8 Å². The lowest BCUT2D eigenvalue weighted by atomic mass is 9.96. The van der Waals surface area contributed by atoms with Crippen LogP contribution in [0.4, 0.5) is 0 Å². The highest BCUT2D eigenvalue weighted by molar-refractivity contribution is 6.09. The fraction of sp³-hybridized carbons (Fsp3) is 0.0667. The Bertz CT molecular complexity index is 573. The van der Waals surface area contributed by atoms with E-state index in [9.17, 15) is 9.59 Å². The van der Waals surface area contributed by atoms with Crippen LogP contribution in [0, 0.1) is 0 Å². The molecular formula is C15H12O3. The molecule has 2 aromatic carbocycles. The lowest BCUT2D eigenvalue weighted by molar-refractivity contribution is -0.135. The predicted molar refractivity (Wildman–Crippen MR) is 68.5 cm³/mol. The van der Waals surface area contributed by atoms with Crippen molar-refractivity contribution in [3.63, 3.8) is 0 Å². The smallest absolute Gasteiger partial charge is 0.311 e. The van der Waals surface area contributed by atoms with Gasteiger partial charge in [0.2, 0.25) is 0 Å². The fourth-order valence-corrected chi connectivity index (χ4v) is 1.83. The van der Waals surface area contributed by atoms with Gasteiger partial charge in [0.25, 0.3) is 0 Å². The first-order chi connectivity index (χ1) is 8.68. The van der Waals surface area contributed by atoms with Gasteiger partial charge in [0.1, 0.15) is 6.42 Å². The van der Waals surface area contributed by atoms with Crippen molar-refractivity contribution in [3.05, 3.63) is 60.2 Å². The quantitative estimate of drug-likeness (QED) is 0.660. The summed E-state index contributed by atoms with van der Waals surface area (Å²) in [6.07, 6.45) is -0.482. The molecule has 0 fully saturated rings. The Kier molecular flexibility index (Phi) is 3.53. The zero-order chi connectivity index (χ0) is 13.0. The van der Waals surface area contributed by atoms with Gasteiger partial charge in [-0.05, 0) is 11.1 Å². The lowest BCUT2D eigenvalue weighted by Gasteiger charge is -2.07. The third-order valence-corrected chi connectivity index (χ3v) is 2.62. The molecule has 2 aromatic rings. The zero-order valence-corrected chi connectivity index (χ0v) is 9.67. The highest BCUT2D eigenvalue weighted by atomic mass is 16.4. The topological polar surface area (TPSA) is 54.4 Å². The van der Waals surface area contributed by atoms with Gasteiger partial charge in [0.15, 0.2) is 5.78 Å². The van der Waals surface area contributed by atoms with Gasteiger partial charge in [-0.15, -0.1) is 0 Å². The summed E-state index contributed by atoms with van der Waals surface area (Å²) in [7, 11) is 0. The van der Waals surface area contributed by atoms with Crippen LogP contribution in [-0.4, -0.2) is 16.9 Å². The molecule has 90 valence electrons. The molecule has 0 aliphatic carbocycles. The highest BCUT2D eigenvalue weighted by Crippen LogP contribution is 2.24. The normalized spacial score (nSPS) is 10.0. The molecule has 0 aromatic heterocycles. The second-order valence-electron chi connectivity index (χ2n) is 3.91. The second kappa shape index (κ2) is 5.27. The van der Waals surface area contributed by atoms with E-state index in [0.29, 0.717) is 5.56 Å². The second-order valence-corrected chi connectivity index (χ2v) is 3.91. The Morgan fingerprint density at radius 3 is 2.17 bits per heavy atom. The Morgan fingerprint density at radius 1 is 0.889 bits per heavy atom. The minimum absolute atomic E-state index is 0.373. The molecule has 0 amide bonds. The average Bonchev–Trinajstić information content (AvgIpc) is 2.39. The van der Waals surface area contributed by atoms with E-state index in [-0.39, 0.29) is 5.78 Å². The average molecular weight is 240 g/mol. The predicted octanol–water partition coefficient (Wildman–Crippen LogP) is 3.01. The van der Waals surface area contributed by atoms with E-state index >= 15 is 0 Å². The van der Waals surface area contributed by atoms with Crippen LogP contribution in [0.5, 0.6) is 0 Å². The summed E-state index contributed by atoms with van der Waals surface area (Å²) >= 11 is 0. The SMILES string of the molecule is O=C(O)CC(=O)c1ccccc1-c1ccccc1. The number of carboxylic acids is 1. The summed E-state index contributed by atoms with van der Waals surface area (Å²) in [5.41, 5.74) is 2.13. The standard InChI is InChI=1S/C15H12O3/c16-14(10-15(17)18)13-9-5-4-8-12(13)11-6-2-1-3-7-11/h1-9H,10H2,(H,17,18). The summed E-state index contributed by atoms with van der Waals surface area (Å²) in [6, 6.07) is 16.5. The van der Waals surface area contributed by atoms with Crippen molar-refractivity contribution in [1.82, 2.24) is 0 Å². The third kappa shape index (κ3) is 2.63. The van der Waals surface area contributed by atoms with Gasteiger partial charge >= 0.3 is 5.97 Å². The van der Waals surface area contributed by atoms with Gasteiger partial charge < -0.3 is 5.11 Å². The maximum Gasteiger partial charge on any atom is 0.311 e. The van der Waals surface area contributed by atoms with E-state index in [1.807, 2.05) is 42.5 Å². The molecule has 0 heterocycles. The molecule has 0 saturated carbocycles. The fourth-order valence-electron chi connectivity index (χ4n) is 1.83. The molecule has 3 heteroatoms. The van der Waals surface area contributed by atoms with Crippen molar-refractivity contribution in [3.8, 4) is 11.1 Å². The number of hydrogen-bond acceptors (Lipinski definition) is 2. The molecule has 0 aliphatic heterocycles. The summed E-state index contributed by atoms with van der Waals surface area (Å²) in [6.45, 7) is 0. The summed E-state index contributed by atoms with van der Waals surface area (Å²) in [5, 5.41) is 8.69. The number of rotatable bonds is 4. The first-order valence-corrected chi connectivity index (χ1v) is 5.58. The minimum Gasteiger partial charge on any atom is -0.481 e. The monoisotopic (exact) mass is 240 g/mol. The van der Waals surface area contributed by atoms with E-state index in [1.54, 1.807) is 12.1 Å². The molecule has 1 N–H and O–H groups in total. The maximum absolute atomic E-state index is 11.9. The zero-order valence-electron chi connectivity index (χ0n) is 9.67. The molecule has 0 spiro atoms. The van der Waals surface area contributed by atoms with Gasteiger partial charge in [-0.3, -0.25) is 9.59 Å². The molecule has 0 radical (unpaired) electrons. The van der Waals surface area contributed by atoms with Crippen molar-refractivity contribution in [2.45, 2.75) is 6.42 Å². The lowest BCUT2D eigenvalue weighted by Crippen LogP contribution is -2.08. The Morgan fingerprint density at radius 2 is 1.50 bits per heavy atom. The Labute approximate surface area is 105 Å². The van der Waals surface area contributed by atoms with Gasteiger partial charge in [-0.2, -0.15) is 0 Å². The molecule has 3 nitrogen and oxygen atoms in total. The van der Waals surface area contributed by atoms with E-state index in [1.165, 1.54) is 0 Å². The largest absolute Gasteiger partial charge is 0.481 e. The van der Waals surface area contributed by atoms with Crippen molar-refractivity contribution in [2.24, 2.45) is 0 Å². The van der Waals surface area contributed by atoms with E-state index < -0.39 is 12.4 Å². The van der Waals surface area contributed by atoms with Gasteiger partial charge in [-0.25, -0.2) is 0 Å². The number of Topliss-reactive ketones (excluding diaryl/α,β-unsaturated/α-hetero) is 1. The molecule has 0 unspecified atom stereocenters. The van der Waals surface area contributed by atoms with Crippen LogP contribution in [0.15, 0.2) is 54.6 Å². The van der Waals surface area contributed by atoms with Gasteiger partial charge in [0.05, 0.1) is 0 Å². The summed E-state index contributed by atoms with van der Waals surface area (Å²) < 4.78 is 0. The Hall–Kier alpha value is -2.42. The first kappa shape index (κ1) is 12.0. The van der Waals surface area contributed by atoms with Crippen molar-refractivity contribution in [2.75, 3.05) is 0 Å². The number of ketones is 1. The number of carbonyl (C=O) groups excluding carboxylic acids is 1. The highest BCUT2D eigenvalue weighted by Gasteiger charge is 2.14. The molecule has 0 atom stereocenters. The van der Waals surface area contributed by atoms with E-state index in [4.69, 9.17) is 5.11 Å². The van der Waals surface area contributed by atoms with Gasteiger partial charge in [0, 0.05) is 5.56 Å². The van der Waals surface area contributed by atoms with Crippen molar-refractivity contribution in [1.29, 1.82) is 0 Å². The van der Waals surface area contributed by atoms with E-state index in [0.717, 1.165) is 11.1 Å². The minimum atomic E-state index is -1.11. The van der Waals surface area contributed by atoms with Crippen LogP contribution in [0.3, 0.4) is 0 Å². The number of carboxylic acid groups (broad SMARTS) is 1. The van der Waals surface area contributed by atoms with E-state index in [2.05, 4.69) is 0 Å². The molecule has 18 heavy (non-hydrogen) atoms. The van der Waals surface area contributed by atoms with Gasteiger partial charge in [-0.1, -0.05) is 54.6 Å². The molecule has 2 rings (SSSR count). The van der Waals surface area contributed by atoms with Crippen LogP contribution >= 0.6 is 0 Å². The van der Waals surface area contributed by atoms with Crippen LogP contribution in [0.2, 0.25) is 0 Å². The first-order valence-electron chi connectivity index (χ1n) is 5.58. The Balaban J connectivity index is 2.44. The number of aliphatic carboxylic acids is 1. The maximum atomic E-state index is 11.9. The molecule has 0 bridgehead atoms. The van der Waals surface area contributed by atoms with Crippen LogP contribution < -0.4 is 0 Å². The molecule has 0 saturated heterocycles. The number of carbonyl (C=O) groups is 2. The summed E-state index contributed by atoms with van der Waals surface area (Å²) in [5.74, 6) is -1.48. The number of hydrogen-bond donors (Lipinski definition) is 1. The molecule has 0 aliphatic rings. The van der Waals surface area contributed by atoms with Crippen molar-refractivity contribution >= 4 is 11.8 Å². The molecular weight excluding hydrogens is 228 g/mol. The van der Waals surface area contributed by atoms with Crippen molar-refractivity contribution < 1.29 is 14.7 Å². The number of benzene rings is 2. The van der Waals surface area contributed by atoms with Crippen LogP contribution in [-0.2, 0) is 4.79 Å².